The fourth-order valence-electron chi connectivity index (χ4n) is 2.92. The van der Waals surface area contributed by atoms with E-state index in [1.165, 1.54) is 18.9 Å². The van der Waals surface area contributed by atoms with Gasteiger partial charge in [-0.3, -0.25) is 0 Å². The Bertz CT molecular complexity index is 390. The normalized spacial score (nSPS) is 20.2. The summed E-state index contributed by atoms with van der Waals surface area (Å²) in [6.07, 6.45) is 5.90. The van der Waals surface area contributed by atoms with E-state index in [2.05, 4.69) is 12.2 Å². The van der Waals surface area contributed by atoms with Crippen molar-refractivity contribution in [1.29, 1.82) is 0 Å². The van der Waals surface area contributed by atoms with Crippen LogP contribution in [0.1, 0.15) is 38.2 Å². The molecule has 0 aromatic heterocycles. The number of hydrogen-bond donors (Lipinski definition) is 1. The zero-order chi connectivity index (χ0) is 14.2. The molecule has 0 amide bonds. The first-order valence-corrected chi connectivity index (χ1v) is 7.84. The molecule has 2 nitrogen and oxygen atoms in total. The van der Waals surface area contributed by atoms with Crippen molar-refractivity contribution >= 4 is 0 Å². The second kappa shape index (κ2) is 8.38. The van der Waals surface area contributed by atoms with Crippen LogP contribution in [0.5, 0.6) is 0 Å². The van der Waals surface area contributed by atoms with Crippen molar-refractivity contribution in [1.82, 2.24) is 5.32 Å². The van der Waals surface area contributed by atoms with E-state index in [9.17, 15) is 4.39 Å². The van der Waals surface area contributed by atoms with Crippen LogP contribution in [0.25, 0.3) is 0 Å². The molecule has 2 rings (SSSR count). The fourth-order valence-corrected chi connectivity index (χ4v) is 2.92. The van der Waals surface area contributed by atoms with Gasteiger partial charge in [0.2, 0.25) is 0 Å². The van der Waals surface area contributed by atoms with Gasteiger partial charge in [0, 0.05) is 6.61 Å². The van der Waals surface area contributed by atoms with Crippen LogP contribution in [0.4, 0.5) is 4.39 Å². The predicted octanol–water partition coefficient (Wildman–Crippen LogP) is 3.55. The summed E-state index contributed by atoms with van der Waals surface area (Å²) in [5.74, 6) is 0.381. The van der Waals surface area contributed by atoms with Gasteiger partial charge < -0.3 is 10.1 Å². The van der Waals surface area contributed by atoms with Crippen molar-refractivity contribution in [3.05, 3.63) is 35.6 Å². The standard InChI is InChI=1S/C17H26FNO/c1-2-8-19-13-15(12-17-7-4-9-20-17)10-14-5-3-6-16(18)11-14/h3,5-6,11,15,17,19H,2,4,7-10,12-13H2,1H3. The van der Waals surface area contributed by atoms with Crippen LogP contribution in [-0.4, -0.2) is 25.8 Å². The topological polar surface area (TPSA) is 21.3 Å². The smallest absolute Gasteiger partial charge is 0.123 e. The zero-order valence-corrected chi connectivity index (χ0v) is 12.4. The van der Waals surface area contributed by atoms with Gasteiger partial charge >= 0.3 is 0 Å². The molecule has 112 valence electrons. The van der Waals surface area contributed by atoms with Gasteiger partial charge in [-0.2, -0.15) is 0 Å². The number of hydrogen-bond acceptors (Lipinski definition) is 2. The van der Waals surface area contributed by atoms with Crippen LogP contribution in [-0.2, 0) is 11.2 Å². The number of benzene rings is 1. The molecule has 0 aliphatic carbocycles. The van der Waals surface area contributed by atoms with Gasteiger partial charge in [-0.25, -0.2) is 4.39 Å². The highest BCUT2D eigenvalue weighted by molar-refractivity contribution is 5.17. The summed E-state index contributed by atoms with van der Waals surface area (Å²) in [5.41, 5.74) is 1.09. The maximum Gasteiger partial charge on any atom is 0.123 e. The molecule has 0 saturated carbocycles. The highest BCUT2D eigenvalue weighted by Gasteiger charge is 2.21. The van der Waals surface area contributed by atoms with Gasteiger partial charge in [0.15, 0.2) is 0 Å². The summed E-state index contributed by atoms with van der Waals surface area (Å²) in [6, 6.07) is 6.98. The first kappa shape index (κ1) is 15.5. The lowest BCUT2D eigenvalue weighted by Crippen LogP contribution is -2.28. The Kier molecular flexibility index (Phi) is 6.48. The minimum atomic E-state index is -0.139. The molecule has 20 heavy (non-hydrogen) atoms. The quantitative estimate of drug-likeness (QED) is 0.735. The van der Waals surface area contributed by atoms with Crippen molar-refractivity contribution in [2.75, 3.05) is 19.7 Å². The van der Waals surface area contributed by atoms with Crippen molar-refractivity contribution in [2.45, 2.75) is 45.1 Å². The van der Waals surface area contributed by atoms with Crippen molar-refractivity contribution in [2.24, 2.45) is 5.92 Å². The van der Waals surface area contributed by atoms with Crippen molar-refractivity contribution in [3.63, 3.8) is 0 Å². The first-order valence-electron chi connectivity index (χ1n) is 7.84. The predicted molar refractivity (Wildman–Crippen MR) is 80.3 cm³/mol. The molecule has 3 heteroatoms. The Labute approximate surface area is 121 Å². The van der Waals surface area contributed by atoms with Crippen LogP contribution in [0, 0.1) is 11.7 Å². The third-order valence-electron chi connectivity index (χ3n) is 3.89. The number of ether oxygens (including phenoxy) is 1. The molecule has 1 aromatic rings. The summed E-state index contributed by atoms with van der Waals surface area (Å²) >= 11 is 0. The SMILES string of the molecule is CCCNCC(Cc1cccc(F)c1)CC1CCCO1. The van der Waals surface area contributed by atoms with E-state index in [0.29, 0.717) is 12.0 Å². The molecule has 1 saturated heterocycles. The van der Waals surface area contributed by atoms with Crippen molar-refractivity contribution in [3.8, 4) is 0 Å². The molecule has 1 fully saturated rings. The lowest BCUT2D eigenvalue weighted by atomic mass is 9.92. The minimum absolute atomic E-state index is 0.139. The van der Waals surface area contributed by atoms with E-state index < -0.39 is 0 Å². The third kappa shape index (κ3) is 5.22. The zero-order valence-electron chi connectivity index (χ0n) is 12.4. The minimum Gasteiger partial charge on any atom is -0.378 e. The molecule has 0 radical (unpaired) electrons. The van der Waals surface area contributed by atoms with E-state index in [0.717, 1.165) is 44.5 Å². The Balaban J connectivity index is 1.89. The van der Waals surface area contributed by atoms with Crippen molar-refractivity contribution < 1.29 is 9.13 Å². The van der Waals surface area contributed by atoms with Gasteiger partial charge in [0.1, 0.15) is 5.82 Å². The molecule has 2 unspecified atom stereocenters. The van der Waals surface area contributed by atoms with Crippen LogP contribution in [0.15, 0.2) is 24.3 Å². The third-order valence-corrected chi connectivity index (χ3v) is 3.89. The maximum atomic E-state index is 13.3. The van der Waals surface area contributed by atoms with E-state index in [1.54, 1.807) is 12.1 Å². The van der Waals surface area contributed by atoms with Gasteiger partial charge in [-0.15, -0.1) is 0 Å². The fraction of sp³-hybridized carbons (Fsp3) is 0.647. The molecule has 0 bridgehead atoms. The highest BCUT2D eigenvalue weighted by atomic mass is 19.1. The van der Waals surface area contributed by atoms with E-state index >= 15 is 0 Å². The summed E-state index contributed by atoms with van der Waals surface area (Å²) < 4.78 is 19.0. The lowest BCUT2D eigenvalue weighted by Gasteiger charge is -2.21. The van der Waals surface area contributed by atoms with Gasteiger partial charge in [-0.05, 0) is 68.8 Å². The second-order valence-electron chi connectivity index (χ2n) is 5.77. The average Bonchev–Trinajstić information content (AvgIpc) is 2.92. The Morgan fingerprint density at radius 1 is 1.45 bits per heavy atom. The lowest BCUT2D eigenvalue weighted by molar-refractivity contribution is 0.0892. The average molecular weight is 279 g/mol. The largest absolute Gasteiger partial charge is 0.378 e. The molecular weight excluding hydrogens is 253 g/mol. The molecule has 0 spiro atoms. The Hall–Kier alpha value is -0.930. The summed E-state index contributed by atoms with van der Waals surface area (Å²) in [4.78, 5) is 0. The van der Waals surface area contributed by atoms with Crippen LogP contribution in [0.3, 0.4) is 0 Å². The molecular formula is C17H26FNO. The first-order chi connectivity index (χ1) is 9.78. The van der Waals surface area contributed by atoms with Crippen LogP contribution >= 0.6 is 0 Å². The van der Waals surface area contributed by atoms with Gasteiger partial charge in [0.25, 0.3) is 0 Å². The molecule has 1 aliphatic heterocycles. The second-order valence-corrected chi connectivity index (χ2v) is 5.77. The number of halogens is 1. The monoisotopic (exact) mass is 279 g/mol. The number of nitrogens with one attached hydrogen (secondary N) is 1. The van der Waals surface area contributed by atoms with E-state index in [4.69, 9.17) is 4.74 Å². The van der Waals surface area contributed by atoms with E-state index in [1.807, 2.05) is 6.07 Å². The summed E-state index contributed by atoms with van der Waals surface area (Å²) in [7, 11) is 0. The summed E-state index contributed by atoms with van der Waals surface area (Å²) in [6.45, 7) is 5.11. The Morgan fingerprint density at radius 3 is 3.05 bits per heavy atom. The Morgan fingerprint density at radius 2 is 2.35 bits per heavy atom. The molecule has 1 aromatic carbocycles. The van der Waals surface area contributed by atoms with E-state index in [-0.39, 0.29) is 5.82 Å². The highest BCUT2D eigenvalue weighted by Crippen LogP contribution is 2.22. The van der Waals surface area contributed by atoms with Gasteiger partial charge in [0.05, 0.1) is 6.10 Å². The van der Waals surface area contributed by atoms with Gasteiger partial charge in [-0.1, -0.05) is 19.1 Å². The number of rotatable bonds is 8. The molecule has 1 heterocycles. The van der Waals surface area contributed by atoms with Crippen LogP contribution < -0.4 is 5.32 Å². The molecule has 1 aliphatic rings. The maximum absolute atomic E-state index is 13.3. The molecule has 1 N–H and O–H groups in total. The van der Waals surface area contributed by atoms with Crippen LogP contribution in [0.2, 0.25) is 0 Å². The summed E-state index contributed by atoms with van der Waals surface area (Å²) in [5, 5.41) is 3.49. The molecule has 2 atom stereocenters.